The Morgan fingerprint density at radius 2 is 1.70 bits per heavy atom. The first-order valence-corrected chi connectivity index (χ1v) is 6.70. The summed E-state index contributed by atoms with van der Waals surface area (Å²) in [7, 11) is 3.74. The minimum absolute atomic E-state index is 0.201. The summed E-state index contributed by atoms with van der Waals surface area (Å²) in [5.74, 6) is 1.13. The lowest BCUT2D eigenvalue weighted by atomic mass is 10.2. The van der Waals surface area contributed by atoms with Crippen LogP contribution in [-0.2, 0) is 6.54 Å². The van der Waals surface area contributed by atoms with Crippen molar-refractivity contribution >= 4 is 23.5 Å². The summed E-state index contributed by atoms with van der Waals surface area (Å²) < 4.78 is 0. The van der Waals surface area contributed by atoms with Gasteiger partial charge in [0.15, 0.2) is 0 Å². The number of aromatic nitrogens is 4. The van der Waals surface area contributed by atoms with Crippen molar-refractivity contribution in [3.63, 3.8) is 0 Å². The first kappa shape index (κ1) is 14.5. The highest BCUT2D eigenvalue weighted by atomic mass is 35.5. The molecule has 0 unspecified atom stereocenters. The van der Waals surface area contributed by atoms with E-state index in [9.17, 15) is 0 Å². The van der Waals surface area contributed by atoms with Crippen LogP contribution in [0.15, 0.2) is 24.5 Å². The van der Waals surface area contributed by atoms with Crippen molar-refractivity contribution in [3.05, 3.63) is 35.4 Å². The lowest BCUT2D eigenvalue weighted by Gasteiger charge is -2.22. The molecule has 0 saturated heterocycles. The molecule has 20 heavy (non-hydrogen) atoms. The smallest absolute Gasteiger partial charge is 0.231 e. The van der Waals surface area contributed by atoms with Crippen LogP contribution < -0.4 is 9.80 Å². The second kappa shape index (κ2) is 6.47. The van der Waals surface area contributed by atoms with Crippen LogP contribution in [-0.4, -0.2) is 40.6 Å². The Morgan fingerprint density at radius 3 is 2.30 bits per heavy atom. The third-order valence-corrected chi connectivity index (χ3v) is 2.94. The van der Waals surface area contributed by atoms with Crippen LogP contribution in [0.1, 0.15) is 12.5 Å². The summed E-state index contributed by atoms with van der Waals surface area (Å²) in [6.45, 7) is 3.52. The minimum Gasteiger partial charge on any atom is -0.347 e. The zero-order valence-electron chi connectivity index (χ0n) is 11.8. The molecule has 106 valence electrons. The van der Waals surface area contributed by atoms with Crippen molar-refractivity contribution in [2.24, 2.45) is 0 Å². The fraction of sp³-hybridized carbons (Fsp3) is 0.385. The average Bonchev–Trinajstić information content (AvgIpc) is 2.45. The highest BCUT2D eigenvalue weighted by molar-refractivity contribution is 6.28. The largest absolute Gasteiger partial charge is 0.347 e. The molecule has 0 bridgehead atoms. The quantitative estimate of drug-likeness (QED) is 0.840. The number of nitrogens with zero attached hydrogens (tertiary/aromatic N) is 6. The van der Waals surface area contributed by atoms with Crippen LogP contribution in [0, 0.1) is 0 Å². The van der Waals surface area contributed by atoms with E-state index >= 15 is 0 Å². The van der Waals surface area contributed by atoms with Gasteiger partial charge in [0, 0.05) is 39.6 Å². The van der Waals surface area contributed by atoms with Gasteiger partial charge in [-0.3, -0.25) is 4.98 Å². The van der Waals surface area contributed by atoms with Gasteiger partial charge in [0.05, 0.1) is 0 Å². The highest BCUT2D eigenvalue weighted by Gasteiger charge is 2.13. The van der Waals surface area contributed by atoms with E-state index in [2.05, 4.69) is 19.9 Å². The van der Waals surface area contributed by atoms with Gasteiger partial charge in [-0.1, -0.05) is 0 Å². The number of anilines is 2. The molecule has 0 atom stereocenters. The summed E-state index contributed by atoms with van der Waals surface area (Å²) in [5, 5.41) is 0.201. The Kier molecular flexibility index (Phi) is 4.68. The van der Waals surface area contributed by atoms with Crippen molar-refractivity contribution in [2.75, 3.05) is 30.4 Å². The van der Waals surface area contributed by atoms with E-state index in [1.807, 2.05) is 38.1 Å². The summed E-state index contributed by atoms with van der Waals surface area (Å²) >= 11 is 5.97. The van der Waals surface area contributed by atoms with E-state index < -0.39 is 0 Å². The summed E-state index contributed by atoms with van der Waals surface area (Å²) in [4.78, 5) is 20.6. The molecular formula is C13H17ClN6. The second-order valence-electron chi connectivity index (χ2n) is 4.47. The number of hydrogen-bond acceptors (Lipinski definition) is 6. The fourth-order valence-corrected chi connectivity index (χ4v) is 1.85. The van der Waals surface area contributed by atoms with Gasteiger partial charge in [-0.25, -0.2) is 0 Å². The van der Waals surface area contributed by atoms with Crippen LogP contribution in [0.4, 0.5) is 11.9 Å². The first-order valence-electron chi connectivity index (χ1n) is 6.33. The maximum Gasteiger partial charge on any atom is 0.231 e. The Bertz CT molecular complexity index is 560. The Hall–Kier alpha value is -1.95. The maximum atomic E-state index is 5.97. The zero-order valence-corrected chi connectivity index (χ0v) is 12.5. The Morgan fingerprint density at radius 1 is 1.05 bits per heavy atom. The molecule has 0 aliphatic rings. The zero-order chi connectivity index (χ0) is 14.5. The standard InChI is InChI=1S/C13H17ClN6/c1-4-20(9-10-5-7-15-8-6-10)13-17-11(14)16-12(18-13)19(2)3/h5-8H,4,9H2,1-3H3. The molecule has 2 rings (SSSR count). The maximum absolute atomic E-state index is 5.97. The first-order chi connectivity index (χ1) is 9.60. The molecule has 2 aromatic heterocycles. The van der Waals surface area contributed by atoms with Gasteiger partial charge < -0.3 is 9.80 Å². The Balaban J connectivity index is 2.27. The van der Waals surface area contributed by atoms with Gasteiger partial charge >= 0.3 is 0 Å². The molecule has 0 N–H and O–H groups in total. The van der Waals surface area contributed by atoms with E-state index in [0.29, 0.717) is 18.4 Å². The summed E-state index contributed by atoms with van der Waals surface area (Å²) in [6, 6.07) is 3.94. The molecular weight excluding hydrogens is 276 g/mol. The Labute approximate surface area is 123 Å². The average molecular weight is 293 g/mol. The van der Waals surface area contributed by atoms with Crippen molar-refractivity contribution in [2.45, 2.75) is 13.5 Å². The van der Waals surface area contributed by atoms with Gasteiger partial charge in [0.25, 0.3) is 0 Å². The number of rotatable bonds is 5. The van der Waals surface area contributed by atoms with E-state index in [1.165, 1.54) is 0 Å². The number of hydrogen-bond donors (Lipinski definition) is 0. The molecule has 2 aromatic rings. The van der Waals surface area contributed by atoms with Gasteiger partial charge in [-0.15, -0.1) is 0 Å². The fourth-order valence-electron chi connectivity index (χ4n) is 1.70. The lowest BCUT2D eigenvalue weighted by Crippen LogP contribution is -2.26. The van der Waals surface area contributed by atoms with Gasteiger partial charge in [0.1, 0.15) is 0 Å². The van der Waals surface area contributed by atoms with E-state index in [-0.39, 0.29) is 5.28 Å². The lowest BCUT2D eigenvalue weighted by molar-refractivity contribution is 0.779. The predicted octanol–water partition coefficient (Wildman–Crippen LogP) is 2.01. The molecule has 7 heteroatoms. The van der Waals surface area contributed by atoms with Gasteiger partial charge in [0.2, 0.25) is 17.2 Å². The molecule has 0 aliphatic heterocycles. The monoisotopic (exact) mass is 292 g/mol. The normalized spacial score (nSPS) is 10.4. The van der Waals surface area contributed by atoms with Crippen molar-refractivity contribution in [1.82, 2.24) is 19.9 Å². The SMILES string of the molecule is CCN(Cc1ccncc1)c1nc(Cl)nc(N(C)C)n1. The van der Waals surface area contributed by atoms with Crippen LogP contribution in [0.25, 0.3) is 0 Å². The molecule has 2 heterocycles. The number of pyridine rings is 1. The van der Waals surface area contributed by atoms with Crippen molar-refractivity contribution in [1.29, 1.82) is 0 Å². The highest BCUT2D eigenvalue weighted by Crippen LogP contribution is 2.17. The van der Waals surface area contributed by atoms with Crippen LogP contribution in [0.5, 0.6) is 0 Å². The molecule has 0 spiro atoms. The van der Waals surface area contributed by atoms with E-state index in [1.54, 1.807) is 17.3 Å². The molecule has 0 aliphatic carbocycles. The van der Waals surface area contributed by atoms with Gasteiger partial charge in [-0.05, 0) is 36.2 Å². The molecule has 0 aromatic carbocycles. The van der Waals surface area contributed by atoms with Crippen molar-refractivity contribution in [3.8, 4) is 0 Å². The topological polar surface area (TPSA) is 58.0 Å². The molecule has 0 fully saturated rings. The van der Waals surface area contributed by atoms with Crippen LogP contribution in [0.2, 0.25) is 5.28 Å². The minimum atomic E-state index is 0.201. The molecule has 0 amide bonds. The number of halogens is 1. The second-order valence-corrected chi connectivity index (χ2v) is 4.81. The van der Waals surface area contributed by atoms with Crippen LogP contribution >= 0.6 is 11.6 Å². The molecule has 6 nitrogen and oxygen atoms in total. The summed E-state index contributed by atoms with van der Waals surface area (Å²) in [6.07, 6.45) is 3.55. The molecule has 0 radical (unpaired) electrons. The summed E-state index contributed by atoms with van der Waals surface area (Å²) in [5.41, 5.74) is 1.14. The van der Waals surface area contributed by atoms with Gasteiger partial charge in [-0.2, -0.15) is 15.0 Å². The third-order valence-electron chi connectivity index (χ3n) is 2.77. The van der Waals surface area contributed by atoms with E-state index in [4.69, 9.17) is 11.6 Å². The third kappa shape index (κ3) is 3.54. The molecule has 0 saturated carbocycles. The predicted molar refractivity (Wildman–Crippen MR) is 80.1 cm³/mol. The van der Waals surface area contributed by atoms with Crippen LogP contribution in [0.3, 0.4) is 0 Å². The van der Waals surface area contributed by atoms with Crippen molar-refractivity contribution < 1.29 is 0 Å². The van der Waals surface area contributed by atoms with E-state index in [0.717, 1.165) is 12.1 Å².